The summed E-state index contributed by atoms with van der Waals surface area (Å²) in [5.74, 6) is 0.901. The van der Waals surface area contributed by atoms with Crippen molar-refractivity contribution in [2.75, 3.05) is 23.6 Å². The highest BCUT2D eigenvalue weighted by atomic mass is 16.7. The number of para-hydroxylation sites is 1. The van der Waals surface area contributed by atoms with Crippen LogP contribution in [0.3, 0.4) is 0 Å². The lowest BCUT2D eigenvalue weighted by molar-refractivity contribution is 0.102. The minimum Gasteiger partial charge on any atom is -0.454 e. The molecule has 2 aromatic rings. The van der Waals surface area contributed by atoms with E-state index in [9.17, 15) is 4.79 Å². The average molecular weight is 326 g/mol. The Morgan fingerprint density at radius 3 is 2.58 bits per heavy atom. The summed E-state index contributed by atoms with van der Waals surface area (Å²) in [6.07, 6.45) is 0. The van der Waals surface area contributed by atoms with Gasteiger partial charge in [-0.05, 0) is 57.2 Å². The van der Waals surface area contributed by atoms with Gasteiger partial charge in [-0.2, -0.15) is 0 Å². The SMILES string of the molecule is CCN(c1ccc(NC(=O)c2cccc3c2OCO3)cc1)C(C)C. The number of anilines is 2. The first-order valence-corrected chi connectivity index (χ1v) is 8.16. The van der Waals surface area contributed by atoms with Crippen LogP contribution in [0.5, 0.6) is 11.5 Å². The highest BCUT2D eigenvalue weighted by Gasteiger charge is 2.21. The Bertz CT molecular complexity index is 726. The molecule has 2 aromatic carbocycles. The Labute approximate surface area is 142 Å². The zero-order chi connectivity index (χ0) is 17.1. The zero-order valence-electron chi connectivity index (χ0n) is 14.2. The Hall–Kier alpha value is -2.69. The van der Waals surface area contributed by atoms with E-state index in [0.717, 1.165) is 17.9 Å². The number of fused-ring (bicyclic) bond motifs is 1. The molecule has 5 heteroatoms. The van der Waals surface area contributed by atoms with Gasteiger partial charge in [-0.1, -0.05) is 6.07 Å². The molecule has 0 spiro atoms. The minimum absolute atomic E-state index is 0.149. The number of hydrogen-bond acceptors (Lipinski definition) is 4. The molecule has 3 rings (SSSR count). The van der Waals surface area contributed by atoms with Crippen molar-refractivity contribution in [1.82, 2.24) is 0 Å². The topological polar surface area (TPSA) is 50.8 Å². The molecule has 0 bridgehead atoms. The quantitative estimate of drug-likeness (QED) is 0.905. The van der Waals surface area contributed by atoms with Gasteiger partial charge in [0, 0.05) is 24.0 Å². The summed E-state index contributed by atoms with van der Waals surface area (Å²) in [6, 6.07) is 13.6. The standard InChI is InChI=1S/C19H22N2O3/c1-4-21(13(2)3)15-10-8-14(9-11-15)20-19(22)16-6-5-7-17-18(16)24-12-23-17/h5-11,13H,4,12H2,1-3H3,(H,20,22). The molecule has 24 heavy (non-hydrogen) atoms. The van der Waals surface area contributed by atoms with Crippen molar-refractivity contribution in [2.24, 2.45) is 0 Å². The van der Waals surface area contributed by atoms with E-state index < -0.39 is 0 Å². The second-order valence-corrected chi connectivity index (χ2v) is 5.92. The second-order valence-electron chi connectivity index (χ2n) is 5.92. The highest BCUT2D eigenvalue weighted by Crippen LogP contribution is 2.35. The average Bonchev–Trinajstić information content (AvgIpc) is 3.05. The fraction of sp³-hybridized carbons (Fsp3) is 0.316. The summed E-state index contributed by atoms with van der Waals surface area (Å²) in [5.41, 5.74) is 2.37. The van der Waals surface area contributed by atoms with Gasteiger partial charge in [0.2, 0.25) is 6.79 Å². The van der Waals surface area contributed by atoms with E-state index in [-0.39, 0.29) is 12.7 Å². The molecule has 0 saturated heterocycles. The number of nitrogens with one attached hydrogen (secondary N) is 1. The first kappa shape index (κ1) is 16.2. The van der Waals surface area contributed by atoms with Crippen molar-refractivity contribution in [3.63, 3.8) is 0 Å². The number of rotatable bonds is 5. The summed E-state index contributed by atoms with van der Waals surface area (Å²) in [6.45, 7) is 7.55. The lowest BCUT2D eigenvalue weighted by Gasteiger charge is -2.27. The molecule has 0 aliphatic carbocycles. The summed E-state index contributed by atoms with van der Waals surface area (Å²) in [5, 5.41) is 2.91. The van der Waals surface area contributed by atoms with Crippen LogP contribution < -0.4 is 19.7 Å². The maximum Gasteiger partial charge on any atom is 0.259 e. The van der Waals surface area contributed by atoms with Crippen LogP contribution in [0.1, 0.15) is 31.1 Å². The van der Waals surface area contributed by atoms with Crippen LogP contribution in [-0.4, -0.2) is 25.3 Å². The number of hydrogen-bond donors (Lipinski definition) is 1. The van der Waals surface area contributed by atoms with Crippen molar-refractivity contribution in [1.29, 1.82) is 0 Å². The van der Waals surface area contributed by atoms with Crippen molar-refractivity contribution >= 4 is 17.3 Å². The third-order valence-corrected chi connectivity index (χ3v) is 4.06. The molecule has 5 nitrogen and oxygen atoms in total. The number of carbonyl (C=O) groups is 1. The van der Waals surface area contributed by atoms with Crippen molar-refractivity contribution in [3.05, 3.63) is 48.0 Å². The van der Waals surface area contributed by atoms with Gasteiger partial charge < -0.3 is 19.7 Å². The third-order valence-electron chi connectivity index (χ3n) is 4.06. The molecule has 1 aliphatic heterocycles. The van der Waals surface area contributed by atoms with Gasteiger partial charge in [0.25, 0.3) is 5.91 Å². The molecule has 0 unspecified atom stereocenters. The number of nitrogens with zero attached hydrogens (tertiary/aromatic N) is 1. The van der Waals surface area contributed by atoms with Crippen LogP contribution in [0.25, 0.3) is 0 Å². The summed E-state index contributed by atoms with van der Waals surface area (Å²) in [4.78, 5) is 14.8. The molecule has 0 atom stereocenters. The molecule has 1 heterocycles. The lowest BCUT2D eigenvalue weighted by Crippen LogP contribution is -2.30. The highest BCUT2D eigenvalue weighted by molar-refractivity contribution is 6.06. The number of carbonyl (C=O) groups excluding carboxylic acids is 1. The van der Waals surface area contributed by atoms with Crippen LogP contribution in [0, 0.1) is 0 Å². The van der Waals surface area contributed by atoms with Crippen molar-refractivity contribution in [3.8, 4) is 11.5 Å². The maximum atomic E-state index is 12.5. The summed E-state index contributed by atoms with van der Waals surface area (Å²) in [7, 11) is 0. The van der Waals surface area contributed by atoms with Crippen molar-refractivity contribution in [2.45, 2.75) is 26.8 Å². The Balaban J connectivity index is 1.75. The maximum absolute atomic E-state index is 12.5. The van der Waals surface area contributed by atoms with E-state index in [0.29, 0.717) is 23.1 Å². The van der Waals surface area contributed by atoms with Gasteiger partial charge in [0.05, 0.1) is 5.56 Å². The first-order chi connectivity index (χ1) is 11.6. The largest absolute Gasteiger partial charge is 0.454 e. The smallest absolute Gasteiger partial charge is 0.259 e. The molecule has 1 N–H and O–H groups in total. The Morgan fingerprint density at radius 2 is 1.92 bits per heavy atom. The van der Waals surface area contributed by atoms with Gasteiger partial charge in [0.15, 0.2) is 11.5 Å². The van der Waals surface area contributed by atoms with Crippen LogP contribution in [0.15, 0.2) is 42.5 Å². The molecule has 0 fully saturated rings. The molecule has 1 amide bonds. The number of ether oxygens (including phenoxy) is 2. The first-order valence-electron chi connectivity index (χ1n) is 8.16. The molecular weight excluding hydrogens is 304 g/mol. The zero-order valence-corrected chi connectivity index (χ0v) is 14.2. The molecule has 0 radical (unpaired) electrons. The van der Waals surface area contributed by atoms with E-state index in [1.165, 1.54) is 0 Å². The van der Waals surface area contributed by atoms with Gasteiger partial charge >= 0.3 is 0 Å². The van der Waals surface area contributed by atoms with E-state index in [1.54, 1.807) is 18.2 Å². The Kier molecular flexibility index (Phi) is 4.60. The third kappa shape index (κ3) is 3.15. The van der Waals surface area contributed by atoms with Gasteiger partial charge in [0.1, 0.15) is 0 Å². The van der Waals surface area contributed by atoms with E-state index in [1.807, 2.05) is 24.3 Å². The van der Waals surface area contributed by atoms with Crippen molar-refractivity contribution < 1.29 is 14.3 Å². The Morgan fingerprint density at radius 1 is 1.17 bits per heavy atom. The normalized spacial score (nSPS) is 12.3. The summed E-state index contributed by atoms with van der Waals surface area (Å²) >= 11 is 0. The number of amides is 1. The predicted molar refractivity (Wildman–Crippen MR) is 95.1 cm³/mol. The molecule has 1 aliphatic rings. The number of benzene rings is 2. The van der Waals surface area contributed by atoms with E-state index >= 15 is 0 Å². The van der Waals surface area contributed by atoms with Crippen LogP contribution in [0.4, 0.5) is 11.4 Å². The van der Waals surface area contributed by atoms with Gasteiger partial charge in [-0.25, -0.2) is 0 Å². The predicted octanol–water partition coefficient (Wildman–Crippen LogP) is 3.90. The van der Waals surface area contributed by atoms with Crippen LogP contribution in [-0.2, 0) is 0 Å². The summed E-state index contributed by atoms with van der Waals surface area (Å²) < 4.78 is 10.7. The lowest BCUT2D eigenvalue weighted by atomic mass is 10.1. The van der Waals surface area contributed by atoms with E-state index in [2.05, 4.69) is 31.0 Å². The van der Waals surface area contributed by atoms with Gasteiger partial charge in [-0.3, -0.25) is 4.79 Å². The molecular formula is C19H22N2O3. The minimum atomic E-state index is -0.207. The van der Waals surface area contributed by atoms with Crippen LogP contribution >= 0.6 is 0 Å². The molecule has 126 valence electrons. The van der Waals surface area contributed by atoms with E-state index in [4.69, 9.17) is 9.47 Å². The molecule has 0 saturated carbocycles. The fourth-order valence-electron chi connectivity index (χ4n) is 2.89. The van der Waals surface area contributed by atoms with Crippen LogP contribution in [0.2, 0.25) is 0 Å². The molecule has 0 aromatic heterocycles. The second kappa shape index (κ2) is 6.83. The monoisotopic (exact) mass is 326 g/mol. The fourth-order valence-corrected chi connectivity index (χ4v) is 2.89. The van der Waals surface area contributed by atoms with Gasteiger partial charge in [-0.15, -0.1) is 0 Å².